The van der Waals surface area contributed by atoms with Crippen LogP contribution in [0.5, 0.6) is 0 Å². The molecule has 18 heavy (non-hydrogen) atoms. The van der Waals surface area contributed by atoms with E-state index in [1.807, 2.05) is 11.6 Å². The molecule has 1 amide bonds. The fourth-order valence-corrected chi connectivity index (χ4v) is 3.26. The first-order chi connectivity index (χ1) is 8.56. The van der Waals surface area contributed by atoms with Gasteiger partial charge in [0.25, 0.3) is 5.91 Å². The Bertz CT molecular complexity index is 704. The minimum absolute atomic E-state index is 0.0477. The number of amides is 1. The third kappa shape index (κ3) is 1.90. The second kappa shape index (κ2) is 4.05. The number of carbonyl (C=O) groups excluding carboxylic acids is 1. The third-order valence-corrected chi connectivity index (χ3v) is 4.66. The zero-order chi connectivity index (χ0) is 12.9. The van der Waals surface area contributed by atoms with E-state index in [9.17, 15) is 4.79 Å². The monoisotopic (exact) mass is 260 g/mol. The largest absolute Gasteiger partial charge is 0.319 e. The van der Waals surface area contributed by atoms with E-state index in [-0.39, 0.29) is 11.8 Å². The Hall–Kier alpha value is -1.42. The van der Waals surface area contributed by atoms with Crippen molar-refractivity contribution >= 4 is 27.5 Å². The summed E-state index contributed by atoms with van der Waals surface area (Å²) in [4.78, 5) is 16.9. The van der Waals surface area contributed by atoms with Gasteiger partial charge in [0.15, 0.2) is 4.80 Å². The summed E-state index contributed by atoms with van der Waals surface area (Å²) in [6, 6.07) is 4.32. The zero-order valence-electron chi connectivity index (χ0n) is 10.9. The molecular formula is C14H16N2OS. The molecule has 0 spiro atoms. The van der Waals surface area contributed by atoms with E-state index in [0.29, 0.717) is 0 Å². The quantitative estimate of drug-likeness (QED) is 0.776. The predicted octanol–water partition coefficient (Wildman–Crippen LogP) is 2.69. The van der Waals surface area contributed by atoms with Crippen LogP contribution in [-0.2, 0) is 11.8 Å². The first-order valence-corrected chi connectivity index (χ1v) is 7.03. The van der Waals surface area contributed by atoms with Gasteiger partial charge in [-0.25, -0.2) is 0 Å². The smallest absolute Gasteiger partial charge is 0.251 e. The summed E-state index contributed by atoms with van der Waals surface area (Å²) in [5.74, 6) is 0.240. The Balaban J connectivity index is 2.22. The summed E-state index contributed by atoms with van der Waals surface area (Å²) in [6.45, 7) is 4.20. The Morgan fingerprint density at radius 2 is 2.11 bits per heavy atom. The third-order valence-electron chi connectivity index (χ3n) is 3.37. The lowest BCUT2D eigenvalue weighted by molar-refractivity contribution is -0.119. The summed E-state index contributed by atoms with van der Waals surface area (Å²) in [5, 5.41) is 0. The molecule has 0 radical (unpaired) electrons. The van der Waals surface area contributed by atoms with Crippen molar-refractivity contribution in [2.75, 3.05) is 0 Å². The maximum atomic E-state index is 11.8. The van der Waals surface area contributed by atoms with Crippen molar-refractivity contribution in [1.29, 1.82) is 0 Å². The normalized spacial score (nSPS) is 16.5. The van der Waals surface area contributed by atoms with Crippen LogP contribution >= 0.6 is 11.3 Å². The number of nitrogens with zero attached hydrogens (tertiary/aromatic N) is 2. The van der Waals surface area contributed by atoms with E-state index in [2.05, 4.69) is 31.0 Å². The number of thiazole rings is 1. The van der Waals surface area contributed by atoms with E-state index >= 15 is 0 Å². The molecule has 4 heteroatoms. The van der Waals surface area contributed by atoms with Crippen LogP contribution in [0.15, 0.2) is 17.1 Å². The van der Waals surface area contributed by atoms with Crippen LogP contribution in [0.1, 0.15) is 24.0 Å². The maximum absolute atomic E-state index is 11.8. The zero-order valence-corrected chi connectivity index (χ0v) is 11.7. The highest BCUT2D eigenvalue weighted by molar-refractivity contribution is 7.16. The van der Waals surface area contributed by atoms with Gasteiger partial charge in [0.2, 0.25) is 0 Å². The summed E-state index contributed by atoms with van der Waals surface area (Å²) >= 11 is 1.61. The maximum Gasteiger partial charge on any atom is 0.251 e. The topological polar surface area (TPSA) is 34.4 Å². The molecule has 94 valence electrons. The lowest BCUT2D eigenvalue weighted by Crippen LogP contribution is -2.13. The molecule has 1 aromatic carbocycles. The summed E-state index contributed by atoms with van der Waals surface area (Å²) in [7, 11) is 1.98. The van der Waals surface area contributed by atoms with Crippen molar-refractivity contribution in [2.45, 2.75) is 26.7 Å². The van der Waals surface area contributed by atoms with Crippen molar-refractivity contribution < 1.29 is 4.79 Å². The Morgan fingerprint density at radius 3 is 2.78 bits per heavy atom. The van der Waals surface area contributed by atoms with E-state index in [1.54, 1.807) is 11.3 Å². The molecular weight excluding hydrogens is 244 g/mol. The second-order valence-electron chi connectivity index (χ2n) is 5.10. The number of carbonyl (C=O) groups is 1. The lowest BCUT2D eigenvalue weighted by atomic mass is 10.1. The van der Waals surface area contributed by atoms with Crippen molar-refractivity contribution in [2.24, 2.45) is 18.0 Å². The van der Waals surface area contributed by atoms with E-state index in [1.165, 1.54) is 21.3 Å². The van der Waals surface area contributed by atoms with Gasteiger partial charge in [-0.05, 0) is 43.9 Å². The van der Waals surface area contributed by atoms with Crippen molar-refractivity contribution in [3.05, 3.63) is 28.1 Å². The molecule has 1 fully saturated rings. The van der Waals surface area contributed by atoms with Crippen LogP contribution in [0.3, 0.4) is 0 Å². The molecule has 0 bridgehead atoms. The highest BCUT2D eigenvalue weighted by atomic mass is 32.1. The van der Waals surface area contributed by atoms with Gasteiger partial charge in [-0.2, -0.15) is 4.99 Å². The average molecular weight is 260 g/mol. The van der Waals surface area contributed by atoms with E-state index < -0.39 is 0 Å². The molecule has 1 aliphatic carbocycles. The second-order valence-corrected chi connectivity index (χ2v) is 6.08. The molecule has 0 atom stereocenters. The first kappa shape index (κ1) is 11.7. The van der Waals surface area contributed by atoms with Crippen LogP contribution in [0.25, 0.3) is 10.2 Å². The van der Waals surface area contributed by atoms with Crippen molar-refractivity contribution in [1.82, 2.24) is 4.57 Å². The minimum atomic E-state index is 0.0477. The number of hydrogen-bond acceptors (Lipinski definition) is 2. The van der Waals surface area contributed by atoms with Gasteiger partial charge in [-0.15, -0.1) is 0 Å². The molecule has 3 rings (SSSR count). The molecule has 2 aromatic rings. The minimum Gasteiger partial charge on any atom is -0.319 e. The fourth-order valence-electron chi connectivity index (χ4n) is 2.19. The number of rotatable bonds is 1. The van der Waals surface area contributed by atoms with Gasteiger partial charge in [-0.1, -0.05) is 17.4 Å². The van der Waals surface area contributed by atoms with Gasteiger partial charge in [0.1, 0.15) is 0 Å². The average Bonchev–Trinajstić information content (AvgIpc) is 3.09. The number of benzene rings is 1. The molecule has 0 saturated heterocycles. The van der Waals surface area contributed by atoms with Crippen LogP contribution in [-0.4, -0.2) is 10.5 Å². The SMILES string of the molecule is Cc1cc(C)c2sc(=NC(=O)C3CC3)n(C)c2c1. The van der Waals surface area contributed by atoms with Crippen molar-refractivity contribution in [3.63, 3.8) is 0 Å². The lowest BCUT2D eigenvalue weighted by Gasteiger charge is -2.00. The number of fused-ring (bicyclic) bond motifs is 1. The molecule has 3 nitrogen and oxygen atoms in total. The summed E-state index contributed by atoms with van der Waals surface area (Å²) < 4.78 is 3.26. The molecule has 1 aliphatic rings. The highest BCUT2D eigenvalue weighted by Gasteiger charge is 2.29. The standard InChI is InChI=1S/C14H16N2OS/c1-8-6-9(2)12-11(7-8)16(3)14(18-12)15-13(17)10-4-5-10/h6-7,10H,4-5H2,1-3H3. The number of hydrogen-bond donors (Lipinski definition) is 0. The molecule has 0 unspecified atom stereocenters. The van der Waals surface area contributed by atoms with Crippen molar-refractivity contribution in [3.8, 4) is 0 Å². The molecule has 1 aromatic heterocycles. The van der Waals surface area contributed by atoms with Gasteiger partial charge >= 0.3 is 0 Å². The van der Waals surface area contributed by atoms with Crippen LogP contribution in [0.4, 0.5) is 0 Å². The molecule has 0 aliphatic heterocycles. The van der Waals surface area contributed by atoms with Gasteiger partial charge in [0, 0.05) is 13.0 Å². The molecule has 0 N–H and O–H groups in total. The van der Waals surface area contributed by atoms with Gasteiger partial charge in [-0.3, -0.25) is 4.79 Å². The van der Waals surface area contributed by atoms with Crippen LogP contribution in [0, 0.1) is 19.8 Å². The fraction of sp³-hybridized carbons (Fsp3) is 0.429. The predicted molar refractivity (Wildman–Crippen MR) is 73.6 cm³/mol. The van der Waals surface area contributed by atoms with Gasteiger partial charge in [0.05, 0.1) is 10.2 Å². The van der Waals surface area contributed by atoms with E-state index in [4.69, 9.17) is 0 Å². The Kier molecular flexibility index (Phi) is 2.63. The van der Waals surface area contributed by atoms with E-state index in [0.717, 1.165) is 17.6 Å². The first-order valence-electron chi connectivity index (χ1n) is 6.21. The Labute approximate surface area is 110 Å². The van der Waals surface area contributed by atoms with Gasteiger partial charge < -0.3 is 4.57 Å². The number of aromatic nitrogens is 1. The molecule has 1 heterocycles. The number of aryl methyl sites for hydroxylation is 3. The van der Waals surface area contributed by atoms with Crippen LogP contribution in [0.2, 0.25) is 0 Å². The molecule has 1 saturated carbocycles. The summed E-state index contributed by atoms with van der Waals surface area (Å²) in [5.41, 5.74) is 3.67. The Morgan fingerprint density at radius 1 is 1.39 bits per heavy atom. The van der Waals surface area contributed by atoms with Crippen LogP contribution < -0.4 is 4.80 Å². The summed E-state index contributed by atoms with van der Waals surface area (Å²) in [6.07, 6.45) is 2.02. The highest BCUT2D eigenvalue weighted by Crippen LogP contribution is 2.30.